The van der Waals surface area contributed by atoms with Gasteiger partial charge in [-0.25, -0.2) is 4.79 Å². The molecule has 208 valence electrons. The molecular formula is C32H47N3O3. The molecule has 0 radical (unpaired) electrons. The molecule has 1 atom stereocenters. The van der Waals surface area contributed by atoms with Crippen LogP contribution in [0, 0.1) is 18.3 Å². The van der Waals surface area contributed by atoms with E-state index in [0.29, 0.717) is 5.92 Å². The van der Waals surface area contributed by atoms with Crippen LogP contribution in [-0.2, 0) is 14.3 Å². The number of carbonyl (C=O) groups is 1. The number of aryl methyl sites for hydroxylation is 1. The van der Waals surface area contributed by atoms with E-state index >= 15 is 0 Å². The van der Waals surface area contributed by atoms with E-state index in [2.05, 4.69) is 50.8 Å². The minimum absolute atomic E-state index is 0.252. The van der Waals surface area contributed by atoms with E-state index in [-0.39, 0.29) is 11.5 Å². The Hall–Kier alpha value is -2.73. The lowest BCUT2D eigenvalue weighted by molar-refractivity contribution is -0.171. The molecule has 1 aliphatic rings. The zero-order chi connectivity index (χ0) is 28.3. The van der Waals surface area contributed by atoms with Crippen LogP contribution in [0.4, 0.5) is 5.69 Å². The topological polar surface area (TPSA) is 64.5 Å². The van der Waals surface area contributed by atoms with Gasteiger partial charge in [0, 0.05) is 42.3 Å². The Morgan fingerprint density at radius 2 is 1.71 bits per heavy atom. The van der Waals surface area contributed by atoms with Crippen molar-refractivity contribution >= 4 is 17.7 Å². The number of piperidine rings is 1. The minimum atomic E-state index is -0.900. The fourth-order valence-electron chi connectivity index (χ4n) is 4.63. The average Bonchev–Trinajstić information content (AvgIpc) is 2.81. The van der Waals surface area contributed by atoms with Crippen LogP contribution < -0.4 is 4.90 Å². The van der Waals surface area contributed by atoms with Crippen LogP contribution in [0.2, 0.25) is 0 Å². The van der Waals surface area contributed by atoms with Gasteiger partial charge in [0.05, 0.1) is 23.1 Å². The molecule has 0 aromatic carbocycles. The van der Waals surface area contributed by atoms with Crippen molar-refractivity contribution in [2.75, 3.05) is 18.0 Å². The van der Waals surface area contributed by atoms with Crippen LogP contribution in [0.1, 0.15) is 98.1 Å². The number of hydrogen-bond donors (Lipinski definition) is 0. The highest BCUT2D eigenvalue weighted by molar-refractivity contribution is 5.86. The molecule has 1 fully saturated rings. The molecular weight excluding hydrogens is 474 g/mol. The minimum Gasteiger partial charge on any atom is -0.461 e. The number of carbonyl (C=O) groups excluding carboxylic acids is 1. The van der Waals surface area contributed by atoms with Gasteiger partial charge < -0.3 is 14.4 Å². The van der Waals surface area contributed by atoms with E-state index in [1.807, 2.05) is 60.0 Å². The lowest BCUT2D eigenvalue weighted by Gasteiger charge is -2.41. The number of esters is 1. The maximum Gasteiger partial charge on any atom is 0.340 e. The Labute approximate surface area is 229 Å². The summed E-state index contributed by atoms with van der Waals surface area (Å²) in [5.74, 6) is 0.0801. The smallest absolute Gasteiger partial charge is 0.340 e. The molecule has 0 aliphatic carbocycles. The van der Waals surface area contributed by atoms with Crippen molar-refractivity contribution in [3.8, 4) is 11.3 Å². The van der Waals surface area contributed by atoms with Gasteiger partial charge >= 0.3 is 5.97 Å². The summed E-state index contributed by atoms with van der Waals surface area (Å²) in [6.45, 7) is 22.3. The summed E-state index contributed by atoms with van der Waals surface area (Å²) in [6, 6.07) is 4.12. The molecule has 0 unspecified atom stereocenters. The van der Waals surface area contributed by atoms with Crippen LogP contribution >= 0.6 is 0 Å². The number of pyridine rings is 2. The number of hydrogen-bond acceptors (Lipinski definition) is 6. The van der Waals surface area contributed by atoms with Crippen LogP contribution in [0.25, 0.3) is 17.3 Å². The molecule has 0 amide bonds. The molecule has 0 N–H and O–H groups in total. The van der Waals surface area contributed by atoms with Gasteiger partial charge in [0.15, 0.2) is 6.10 Å². The zero-order valence-electron chi connectivity index (χ0n) is 25.1. The number of anilines is 1. The zero-order valence-corrected chi connectivity index (χ0v) is 25.1. The molecule has 6 nitrogen and oxygen atoms in total. The predicted molar refractivity (Wildman–Crippen MR) is 156 cm³/mol. The predicted octanol–water partition coefficient (Wildman–Crippen LogP) is 7.56. The van der Waals surface area contributed by atoms with Crippen molar-refractivity contribution in [2.45, 2.75) is 99.9 Å². The SMILES string of the molecule is Cc1ncc(-c2ccc(/C=C\C(C)C)cn2)c(N2CCC(C)(C)CC2)c1[C@H](OC(C)(C)C)C(=O)OC(C)C. The van der Waals surface area contributed by atoms with Crippen molar-refractivity contribution in [3.63, 3.8) is 0 Å². The van der Waals surface area contributed by atoms with E-state index < -0.39 is 17.7 Å². The fraction of sp³-hybridized carbons (Fsp3) is 0.594. The van der Waals surface area contributed by atoms with E-state index in [4.69, 9.17) is 19.4 Å². The van der Waals surface area contributed by atoms with Gasteiger partial charge in [-0.2, -0.15) is 0 Å². The second-order valence-corrected chi connectivity index (χ2v) is 12.8. The van der Waals surface area contributed by atoms with Crippen molar-refractivity contribution in [3.05, 3.63) is 47.4 Å². The van der Waals surface area contributed by atoms with E-state index in [0.717, 1.165) is 59.7 Å². The normalized spacial score (nSPS) is 16.9. The summed E-state index contributed by atoms with van der Waals surface area (Å²) in [5.41, 5.74) is 5.01. The van der Waals surface area contributed by atoms with Gasteiger partial charge in [0.1, 0.15) is 0 Å². The molecule has 3 rings (SSSR count). The maximum atomic E-state index is 13.5. The Balaban J connectivity index is 2.20. The number of ether oxygens (including phenoxy) is 2. The van der Waals surface area contributed by atoms with Crippen molar-refractivity contribution < 1.29 is 14.3 Å². The first-order valence-corrected chi connectivity index (χ1v) is 13.9. The molecule has 6 heteroatoms. The summed E-state index contributed by atoms with van der Waals surface area (Å²) in [7, 11) is 0. The lowest BCUT2D eigenvalue weighted by Crippen LogP contribution is -2.39. The van der Waals surface area contributed by atoms with Crippen LogP contribution in [0.3, 0.4) is 0 Å². The highest BCUT2D eigenvalue weighted by Gasteiger charge is 2.37. The monoisotopic (exact) mass is 521 g/mol. The van der Waals surface area contributed by atoms with Gasteiger partial charge in [-0.3, -0.25) is 9.97 Å². The first-order chi connectivity index (χ1) is 17.7. The molecule has 38 heavy (non-hydrogen) atoms. The Kier molecular flexibility index (Phi) is 9.40. The van der Waals surface area contributed by atoms with Gasteiger partial charge in [-0.05, 0) is 77.3 Å². The van der Waals surface area contributed by atoms with Crippen molar-refractivity contribution in [1.29, 1.82) is 0 Å². The second kappa shape index (κ2) is 12.0. The third kappa shape index (κ3) is 7.89. The highest BCUT2D eigenvalue weighted by atomic mass is 16.6. The maximum absolute atomic E-state index is 13.5. The third-order valence-electron chi connectivity index (χ3n) is 6.76. The van der Waals surface area contributed by atoms with Gasteiger partial charge in [0.2, 0.25) is 0 Å². The Morgan fingerprint density at radius 3 is 2.24 bits per heavy atom. The molecule has 1 saturated heterocycles. The fourth-order valence-corrected chi connectivity index (χ4v) is 4.63. The summed E-state index contributed by atoms with van der Waals surface area (Å²) in [4.78, 5) is 25.5. The first-order valence-electron chi connectivity index (χ1n) is 13.9. The molecule has 3 heterocycles. The molecule has 0 saturated carbocycles. The number of rotatable bonds is 8. The molecule has 2 aromatic rings. The third-order valence-corrected chi connectivity index (χ3v) is 6.76. The highest BCUT2D eigenvalue weighted by Crippen LogP contribution is 2.43. The van der Waals surface area contributed by atoms with E-state index in [9.17, 15) is 4.79 Å². The standard InChI is InChI=1S/C32H47N3O3/c1-21(2)11-12-24-13-14-26(34-19-24)25-20-33-23(5)27(28(25)35-17-15-32(9,10)16-18-35)29(38-31(6,7)8)30(36)37-22(3)4/h11-14,19-22,29H,15-18H2,1-10H3/b12-11-/t29-/m0/s1. The van der Waals surface area contributed by atoms with Crippen molar-refractivity contribution in [1.82, 2.24) is 9.97 Å². The van der Waals surface area contributed by atoms with Crippen molar-refractivity contribution in [2.24, 2.45) is 11.3 Å². The van der Waals surface area contributed by atoms with Gasteiger partial charge in [-0.1, -0.05) is 45.9 Å². The number of aromatic nitrogens is 2. The number of nitrogens with zero attached hydrogens (tertiary/aromatic N) is 3. The lowest BCUT2D eigenvalue weighted by atomic mass is 9.82. The Morgan fingerprint density at radius 1 is 1.05 bits per heavy atom. The second-order valence-electron chi connectivity index (χ2n) is 12.8. The van der Waals surface area contributed by atoms with Crippen LogP contribution in [0.5, 0.6) is 0 Å². The van der Waals surface area contributed by atoms with Gasteiger partial charge in [-0.15, -0.1) is 0 Å². The summed E-state index contributed by atoms with van der Waals surface area (Å²) in [5, 5.41) is 0. The summed E-state index contributed by atoms with van der Waals surface area (Å²) < 4.78 is 12.2. The largest absolute Gasteiger partial charge is 0.461 e. The Bertz CT molecular complexity index is 1120. The average molecular weight is 522 g/mol. The van der Waals surface area contributed by atoms with Gasteiger partial charge in [0.25, 0.3) is 0 Å². The molecule has 1 aliphatic heterocycles. The van der Waals surface area contributed by atoms with Crippen LogP contribution in [-0.4, -0.2) is 40.7 Å². The van der Waals surface area contributed by atoms with E-state index in [1.54, 1.807) is 0 Å². The summed E-state index contributed by atoms with van der Waals surface area (Å²) >= 11 is 0. The summed E-state index contributed by atoms with van der Waals surface area (Å²) in [6.07, 6.45) is 9.01. The van der Waals surface area contributed by atoms with E-state index in [1.165, 1.54) is 0 Å². The molecule has 0 bridgehead atoms. The quantitative estimate of drug-likeness (QED) is 0.334. The molecule has 0 spiro atoms. The number of allylic oxidation sites excluding steroid dienone is 1. The van der Waals surface area contributed by atoms with Crippen LogP contribution in [0.15, 0.2) is 30.6 Å². The first kappa shape index (κ1) is 29.8. The molecule has 2 aromatic heterocycles.